The summed E-state index contributed by atoms with van der Waals surface area (Å²) in [5.41, 5.74) is -0.145. The van der Waals surface area contributed by atoms with Gasteiger partial charge in [0, 0.05) is 15.2 Å². The Kier molecular flexibility index (Phi) is 7.78. The van der Waals surface area contributed by atoms with Gasteiger partial charge in [0.1, 0.15) is 15.4 Å². The largest absolute Gasteiger partial charge is 0.477 e. The summed E-state index contributed by atoms with van der Waals surface area (Å²) in [4.78, 5) is 33.4. The summed E-state index contributed by atoms with van der Waals surface area (Å²) in [6.07, 6.45) is 0. The number of carboxylic acids is 1. The Labute approximate surface area is 161 Å². The van der Waals surface area contributed by atoms with E-state index in [1.54, 1.807) is 6.07 Å². The molecule has 0 saturated heterocycles. The van der Waals surface area contributed by atoms with Gasteiger partial charge in [0.05, 0.1) is 12.7 Å². The van der Waals surface area contributed by atoms with E-state index >= 15 is 0 Å². The number of esters is 2. The molecule has 136 valence electrons. The van der Waals surface area contributed by atoms with Crippen molar-refractivity contribution in [3.05, 3.63) is 42.7 Å². The lowest BCUT2D eigenvalue weighted by molar-refractivity contribution is 0.00747. The average molecular weight is 449 g/mol. The van der Waals surface area contributed by atoms with E-state index in [9.17, 15) is 14.4 Å². The van der Waals surface area contributed by atoms with Crippen molar-refractivity contribution in [3.63, 3.8) is 0 Å². The number of carbonyl (C=O) groups is 3. The molecule has 6 nitrogen and oxygen atoms in total. The highest BCUT2D eigenvalue weighted by molar-refractivity contribution is 9.10. The van der Waals surface area contributed by atoms with E-state index in [-0.39, 0.29) is 16.4 Å². The topological polar surface area (TPSA) is 89.9 Å². The number of ether oxygens (including phenoxy) is 2. The van der Waals surface area contributed by atoms with Crippen molar-refractivity contribution >= 4 is 56.5 Å². The summed E-state index contributed by atoms with van der Waals surface area (Å²) in [5, 5.41) is 11.8. The van der Waals surface area contributed by atoms with Crippen LogP contribution in [0.4, 0.5) is 0 Å². The lowest BCUT2D eigenvalue weighted by Crippen LogP contribution is -2.23. The Bertz CT molecular complexity index is 757. The Balaban J connectivity index is 0.000000251. The smallest absolute Gasteiger partial charge is 0.348 e. The molecule has 0 spiro atoms. The first-order valence-corrected chi connectivity index (χ1v) is 9.46. The first-order valence-electron chi connectivity index (χ1n) is 6.91. The van der Waals surface area contributed by atoms with E-state index in [2.05, 4.69) is 20.7 Å². The number of carbonyl (C=O) groups excluding carboxylic acids is 2. The van der Waals surface area contributed by atoms with Crippen LogP contribution in [0.15, 0.2) is 27.4 Å². The van der Waals surface area contributed by atoms with E-state index in [1.807, 2.05) is 26.2 Å². The molecule has 0 amide bonds. The van der Waals surface area contributed by atoms with E-state index in [0.29, 0.717) is 4.88 Å². The number of methoxy groups -OCH3 is 1. The predicted octanol–water partition coefficient (Wildman–Crippen LogP) is 4.70. The van der Waals surface area contributed by atoms with Gasteiger partial charge in [-0.3, -0.25) is 0 Å². The molecular formula is C16H17BrO6S2. The second kappa shape index (κ2) is 9.12. The molecule has 0 aromatic carbocycles. The zero-order valence-electron chi connectivity index (χ0n) is 14.0. The van der Waals surface area contributed by atoms with Crippen LogP contribution in [0.3, 0.4) is 0 Å². The molecule has 0 aliphatic heterocycles. The van der Waals surface area contributed by atoms with Gasteiger partial charge in [-0.2, -0.15) is 0 Å². The van der Waals surface area contributed by atoms with Crippen molar-refractivity contribution in [1.29, 1.82) is 0 Å². The predicted molar refractivity (Wildman–Crippen MR) is 99.8 cm³/mol. The first-order chi connectivity index (χ1) is 11.5. The van der Waals surface area contributed by atoms with E-state index < -0.39 is 17.5 Å². The minimum atomic E-state index is -1.03. The third-order valence-electron chi connectivity index (χ3n) is 2.40. The zero-order chi connectivity index (χ0) is 19.2. The summed E-state index contributed by atoms with van der Waals surface area (Å²) >= 11 is 5.66. The highest BCUT2D eigenvalue weighted by Gasteiger charge is 2.18. The minimum absolute atomic E-state index is 0.135. The molecule has 0 bridgehead atoms. The highest BCUT2D eigenvalue weighted by Crippen LogP contribution is 2.22. The molecule has 0 unspecified atom stereocenters. The Hall–Kier alpha value is -1.71. The molecule has 2 rings (SSSR count). The second-order valence-corrected chi connectivity index (χ2v) is 8.37. The van der Waals surface area contributed by atoms with Gasteiger partial charge in [0.25, 0.3) is 0 Å². The van der Waals surface area contributed by atoms with Gasteiger partial charge >= 0.3 is 17.9 Å². The van der Waals surface area contributed by atoms with Crippen LogP contribution in [-0.2, 0) is 9.47 Å². The van der Waals surface area contributed by atoms with Crippen LogP contribution >= 0.6 is 38.6 Å². The molecular weight excluding hydrogens is 432 g/mol. The van der Waals surface area contributed by atoms with Crippen LogP contribution in [0.1, 0.15) is 50.5 Å². The summed E-state index contributed by atoms with van der Waals surface area (Å²) in [5.74, 6) is -1.81. The SMILES string of the molecule is CC(C)(C)OC(=O)c1cc(Br)cs1.COC(=O)c1csc(C(=O)O)c1. The van der Waals surface area contributed by atoms with Gasteiger partial charge in [-0.15, -0.1) is 22.7 Å². The number of thiophene rings is 2. The van der Waals surface area contributed by atoms with Crippen LogP contribution < -0.4 is 0 Å². The van der Waals surface area contributed by atoms with Crippen molar-refractivity contribution in [3.8, 4) is 0 Å². The van der Waals surface area contributed by atoms with Crippen LogP contribution in [0.5, 0.6) is 0 Å². The first kappa shape index (κ1) is 21.3. The standard InChI is InChI=1S/C9H11BrO2S.C7H6O4S/c1-9(2,3)12-8(11)7-4-6(10)5-13-7;1-11-7(10)4-2-5(6(8)9)12-3-4/h4-5H,1-3H3;2-3H,1H3,(H,8,9). The normalized spacial score (nSPS) is 10.4. The molecule has 0 aliphatic carbocycles. The molecule has 0 fully saturated rings. The highest BCUT2D eigenvalue weighted by atomic mass is 79.9. The molecule has 9 heteroatoms. The van der Waals surface area contributed by atoms with Crippen molar-refractivity contribution in [2.75, 3.05) is 7.11 Å². The van der Waals surface area contributed by atoms with Gasteiger partial charge in [0.15, 0.2) is 0 Å². The molecule has 2 aromatic heterocycles. The van der Waals surface area contributed by atoms with Crippen LogP contribution in [0.25, 0.3) is 0 Å². The van der Waals surface area contributed by atoms with E-state index in [4.69, 9.17) is 9.84 Å². The molecule has 0 atom stereocenters. The van der Waals surface area contributed by atoms with Gasteiger partial charge in [-0.1, -0.05) is 0 Å². The fourth-order valence-corrected chi connectivity index (χ4v) is 3.44. The average Bonchev–Trinajstić information content (AvgIpc) is 3.14. The van der Waals surface area contributed by atoms with Crippen molar-refractivity contribution in [2.45, 2.75) is 26.4 Å². The zero-order valence-corrected chi connectivity index (χ0v) is 17.2. The lowest BCUT2D eigenvalue weighted by atomic mass is 10.2. The van der Waals surface area contributed by atoms with Gasteiger partial charge in [0.2, 0.25) is 0 Å². The molecule has 0 aliphatic rings. The number of rotatable bonds is 3. The Morgan fingerprint density at radius 1 is 1.04 bits per heavy atom. The monoisotopic (exact) mass is 448 g/mol. The Morgan fingerprint density at radius 3 is 2.04 bits per heavy atom. The number of halogens is 1. The maximum Gasteiger partial charge on any atom is 0.348 e. The third-order valence-corrected chi connectivity index (χ3v) is 4.99. The van der Waals surface area contributed by atoms with Gasteiger partial charge in [-0.25, -0.2) is 14.4 Å². The minimum Gasteiger partial charge on any atom is -0.477 e. The summed E-state index contributed by atoms with van der Waals surface area (Å²) < 4.78 is 10.5. The molecule has 25 heavy (non-hydrogen) atoms. The van der Waals surface area contributed by atoms with Crippen LogP contribution in [0.2, 0.25) is 0 Å². The Morgan fingerprint density at radius 2 is 1.64 bits per heavy atom. The maximum atomic E-state index is 11.4. The second-order valence-electron chi connectivity index (χ2n) is 5.63. The molecule has 0 radical (unpaired) electrons. The van der Waals surface area contributed by atoms with Crippen LogP contribution in [0, 0.1) is 0 Å². The fraction of sp³-hybridized carbons (Fsp3) is 0.312. The number of hydrogen-bond donors (Lipinski definition) is 1. The number of hydrogen-bond acceptors (Lipinski definition) is 7. The number of aromatic carboxylic acids is 1. The molecule has 2 aromatic rings. The summed E-state index contributed by atoms with van der Waals surface area (Å²) in [6, 6.07) is 3.05. The van der Waals surface area contributed by atoms with Crippen molar-refractivity contribution in [1.82, 2.24) is 0 Å². The van der Waals surface area contributed by atoms with Gasteiger partial charge in [-0.05, 0) is 48.8 Å². The summed E-state index contributed by atoms with van der Waals surface area (Å²) in [7, 11) is 1.25. The number of carboxylic acid groups (broad SMARTS) is 1. The van der Waals surface area contributed by atoms with Crippen molar-refractivity contribution in [2.24, 2.45) is 0 Å². The summed E-state index contributed by atoms with van der Waals surface area (Å²) in [6.45, 7) is 5.56. The van der Waals surface area contributed by atoms with E-state index in [0.717, 1.165) is 15.8 Å². The lowest BCUT2D eigenvalue weighted by Gasteiger charge is -2.18. The van der Waals surface area contributed by atoms with Crippen molar-refractivity contribution < 1.29 is 29.0 Å². The molecule has 0 saturated carbocycles. The van der Waals surface area contributed by atoms with Gasteiger partial charge < -0.3 is 14.6 Å². The van der Waals surface area contributed by atoms with E-state index in [1.165, 1.54) is 29.9 Å². The third kappa shape index (κ3) is 7.37. The quantitative estimate of drug-likeness (QED) is 0.684. The molecule has 2 heterocycles. The molecule has 1 N–H and O–H groups in total. The fourth-order valence-electron chi connectivity index (χ4n) is 1.42. The maximum absolute atomic E-state index is 11.4. The van der Waals surface area contributed by atoms with Crippen LogP contribution in [-0.4, -0.2) is 35.7 Å².